The number of carbonyl (C=O) groups excluding carboxylic acids is 1. The average molecular weight is 318 g/mol. The van der Waals surface area contributed by atoms with Gasteiger partial charge in [0.1, 0.15) is 0 Å². The van der Waals surface area contributed by atoms with Crippen LogP contribution in [0.25, 0.3) is 0 Å². The average Bonchev–Trinajstić information content (AvgIpc) is 2.82. The molecule has 8 heteroatoms. The smallest absolute Gasteiger partial charge is 0.337 e. The van der Waals surface area contributed by atoms with Crippen molar-refractivity contribution in [3.63, 3.8) is 0 Å². The molecule has 0 aliphatic rings. The second-order valence-corrected chi connectivity index (χ2v) is 4.84. The summed E-state index contributed by atoms with van der Waals surface area (Å²) in [7, 11) is 1.57. The zero-order valence-electron chi connectivity index (χ0n) is 10.9. The number of aryl methyl sites for hydroxylation is 1. The van der Waals surface area contributed by atoms with Crippen LogP contribution in [-0.2, 0) is 7.05 Å². The zero-order chi connectivity index (χ0) is 15.6. The number of hydrogen-bond acceptors (Lipinski definition) is 2. The number of aromatic nitrogens is 2. The molecule has 1 N–H and O–H groups in total. The maximum atomic E-state index is 13.1. The van der Waals surface area contributed by atoms with E-state index in [1.807, 2.05) is 5.32 Å². The molecule has 1 amide bonds. The third-order valence-electron chi connectivity index (χ3n) is 2.77. The third kappa shape index (κ3) is 3.75. The highest BCUT2D eigenvalue weighted by atomic mass is 35.5. The Bertz CT molecular complexity index is 637. The van der Waals surface area contributed by atoms with Crippen molar-refractivity contribution >= 4 is 17.5 Å². The number of carbonyl (C=O) groups is 1. The Morgan fingerprint density at radius 3 is 2.43 bits per heavy atom. The number of nitrogens with one attached hydrogen (secondary N) is 1. The minimum atomic E-state index is -4.62. The molecule has 0 aliphatic carbocycles. The highest BCUT2D eigenvalue weighted by Gasteiger charge is 2.42. The van der Waals surface area contributed by atoms with Crippen molar-refractivity contribution in [1.29, 1.82) is 0 Å². The van der Waals surface area contributed by atoms with E-state index in [9.17, 15) is 18.0 Å². The Labute approximate surface area is 123 Å². The van der Waals surface area contributed by atoms with E-state index in [1.165, 1.54) is 41.3 Å². The molecule has 4 nitrogen and oxygen atoms in total. The van der Waals surface area contributed by atoms with E-state index in [-0.39, 0.29) is 11.1 Å². The number of hydrogen-bond donors (Lipinski definition) is 1. The lowest BCUT2D eigenvalue weighted by Gasteiger charge is -2.21. The SMILES string of the molecule is Cn1cc(C(=O)N[C@@H](c2ccc(Cl)cc2)C(F)(F)F)cn1. The Balaban J connectivity index is 2.25. The molecular formula is C13H11ClF3N3O. The molecule has 0 bridgehead atoms. The Morgan fingerprint density at radius 1 is 1.33 bits per heavy atom. The molecule has 21 heavy (non-hydrogen) atoms. The van der Waals surface area contributed by atoms with Gasteiger partial charge in [-0.1, -0.05) is 23.7 Å². The summed E-state index contributed by atoms with van der Waals surface area (Å²) in [5.41, 5.74) is -0.0372. The lowest BCUT2D eigenvalue weighted by molar-refractivity contribution is -0.155. The first kappa shape index (κ1) is 15.4. The number of benzene rings is 1. The van der Waals surface area contributed by atoms with E-state index in [2.05, 4.69) is 5.10 Å². The van der Waals surface area contributed by atoms with Gasteiger partial charge in [-0.15, -0.1) is 0 Å². The van der Waals surface area contributed by atoms with Gasteiger partial charge in [0.15, 0.2) is 6.04 Å². The summed E-state index contributed by atoms with van der Waals surface area (Å²) in [4.78, 5) is 11.9. The van der Waals surface area contributed by atoms with Gasteiger partial charge in [-0.3, -0.25) is 9.48 Å². The molecule has 0 saturated heterocycles. The van der Waals surface area contributed by atoms with Gasteiger partial charge in [-0.2, -0.15) is 18.3 Å². The van der Waals surface area contributed by atoms with Crippen molar-refractivity contribution in [3.8, 4) is 0 Å². The molecule has 0 fully saturated rings. The summed E-state index contributed by atoms with van der Waals surface area (Å²) in [6, 6.07) is 3.02. The van der Waals surface area contributed by atoms with E-state index < -0.39 is 18.1 Å². The molecule has 2 rings (SSSR count). The first-order valence-electron chi connectivity index (χ1n) is 5.89. The second kappa shape index (κ2) is 5.77. The fourth-order valence-electron chi connectivity index (χ4n) is 1.76. The highest BCUT2D eigenvalue weighted by molar-refractivity contribution is 6.30. The van der Waals surface area contributed by atoms with E-state index in [0.717, 1.165) is 0 Å². The van der Waals surface area contributed by atoms with Crippen molar-refractivity contribution in [2.24, 2.45) is 7.05 Å². The van der Waals surface area contributed by atoms with Crippen molar-refractivity contribution in [3.05, 3.63) is 52.8 Å². The summed E-state index contributed by atoms with van der Waals surface area (Å²) < 4.78 is 40.7. The summed E-state index contributed by atoms with van der Waals surface area (Å²) in [5, 5.41) is 6.03. The molecule has 0 aliphatic heterocycles. The van der Waals surface area contributed by atoms with E-state index >= 15 is 0 Å². The van der Waals surface area contributed by atoms with Crippen LogP contribution in [0, 0.1) is 0 Å². The third-order valence-corrected chi connectivity index (χ3v) is 3.03. The summed E-state index contributed by atoms with van der Waals surface area (Å²) in [6.07, 6.45) is -2.08. The molecule has 1 heterocycles. The van der Waals surface area contributed by atoms with Crippen molar-refractivity contribution in [1.82, 2.24) is 15.1 Å². The Morgan fingerprint density at radius 2 is 1.95 bits per heavy atom. The molecule has 2 aromatic rings. The number of alkyl halides is 3. The first-order valence-corrected chi connectivity index (χ1v) is 6.27. The fraction of sp³-hybridized carbons (Fsp3) is 0.231. The lowest BCUT2D eigenvalue weighted by Crippen LogP contribution is -2.38. The zero-order valence-corrected chi connectivity index (χ0v) is 11.6. The van der Waals surface area contributed by atoms with Crippen LogP contribution in [0.2, 0.25) is 5.02 Å². The van der Waals surface area contributed by atoms with E-state index in [4.69, 9.17) is 11.6 Å². The maximum Gasteiger partial charge on any atom is 0.412 e. The number of nitrogens with zero attached hydrogens (tertiary/aromatic N) is 2. The van der Waals surface area contributed by atoms with Crippen molar-refractivity contribution in [2.75, 3.05) is 0 Å². The van der Waals surface area contributed by atoms with Gasteiger partial charge in [-0.05, 0) is 17.7 Å². The molecule has 1 aromatic heterocycles. The van der Waals surface area contributed by atoms with Gasteiger partial charge in [0.2, 0.25) is 0 Å². The quantitative estimate of drug-likeness (QED) is 0.945. The summed E-state index contributed by atoms with van der Waals surface area (Å²) in [6.45, 7) is 0. The van der Waals surface area contributed by atoms with Crippen LogP contribution in [0.4, 0.5) is 13.2 Å². The van der Waals surface area contributed by atoms with Crippen molar-refractivity contribution in [2.45, 2.75) is 12.2 Å². The van der Waals surface area contributed by atoms with Crippen LogP contribution in [0.15, 0.2) is 36.7 Å². The van der Waals surface area contributed by atoms with E-state index in [0.29, 0.717) is 5.02 Å². The van der Waals surface area contributed by atoms with Gasteiger partial charge < -0.3 is 5.32 Å². The summed E-state index contributed by atoms with van der Waals surface area (Å²) in [5.74, 6) is -0.847. The van der Waals surface area contributed by atoms with Crippen LogP contribution in [0.5, 0.6) is 0 Å². The van der Waals surface area contributed by atoms with Crippen LogP contribution in [0.3, 0.4) is 0 Å². The second-order valence-electron chi connectivity index (χ2n) is 4.40. The van der Waals surface area contributed by atoms with Crippen LogP contribution < -0.4 is 5.32 Å². The molecule has 112 valence electrons. The summed E-state index contributed by atoms with van der Waals surface area (Å²) >= 11 is 5.66. The largest absolute Gasteiger partial charge is 0.412 e. The minimum absolute atomic E-state index is 0.0562. The Kier molecular flexibility index (Phi) is 4.22. The van der Waals surface area contributed by atoms with Gasteiger partial charge in [-0.25, -0.2) is 0 Å². The van der Waals surface area contributed by atoms with Gasteiger partial charge in [0, 0.05) is 18.3 Å². The lowest BCUT2D eigenvalue weighted by atomic mass is 10.1. The maximum absolute atomic E-state index is 13.1. The molecule has 0 saturated carbocycles. The van der Waals surface area contributed by atoms with Gasteiger partial charge >= 0.3 is 6.18 Å². The monoisotopic (exact) mass is 317 g/mol. The fourth-order valence-corrected chi connectivity index (χ4v) is 1.89. The molecule has 1 atom stereocenters. The number of halogens is 4. The van der Waals surface area contributed by atoms with Crippen LogP contribution in [0.1, 0.15) is 22.0 Å². The predicted molar refractivity (Wildman–Crippen MR) is 70.9 cm³/mol. The van der Waals surface area contributed by atoms with E-state index in [1.54, 1.807) is 7.05 Å². The van der Waals surface area contributed by atoms with Crippen LogP contribution in [-0.4, -0.2) is 21.9 Å². The standard InChI is InChI=1S/C13H11ClF3N3O/c1-20-7-9(6-18-20)12(21)19-11(13(15,16)17)8-2-4-10(14)5-3-8/h2-7,11H,1H3,(H,19,21)/t11-/m0/s1. The Hall–Kier alpha value is -2.02. The van der Waals surface area contributed by atoms with Gasteiger partial charge in [0.25, 0.3) is 5.91 Å². The predicted octanol–water partition coefficient (Wildman–Crippen LogP) is 3.11. The molecule has 0 radical (unpaired) electrons. The molecule has 0 spiro atoms. The van der Waals surface area contributed by atoms with Crippen LogP contribution >= 0.6 is 11.6 Å². The first-order chi connectivity index (χ1) is 9.77. The normalized spacial score (nSPS) is 13.0. The van der Waals surface area contributed by atoms with Crippen molar-refractivity contribution < 1.29 is 18.0 Å². The number of amides is 1. The molecule has 0 unspecified atom stereocenters. The topological polar surface area (TPSA) is 46.9 Å². The number of rotatable bonds is 3. The minimum Gasteiger partial charge on any atom is -0.337 e. The highest BCUT2D eigenvalue weighted by Crippen LogP contribution is 2.33. The van der Waals surface area contributed by atoms with Gasteiger partial charge in [0.05, 0.1) is 11.8 Å². The molecule has 1 aromatic carbocycles. The molecular weight excluding hydrogens is 307 g/mol.